The van der Waals surface area contributed by atoms with Gasteiger partial charge in [0.05, 0.1) is 15.6 Å². The lowest BCUT2D eigenvalue weighted by atomic mass is 9.99. The molecule has 140 valence electrons. The monoisotopic (exact) mass is 437 g/mol. The van der Waals surface area contributed by atoms with Crippen LogP contribution in [0.2, 0.25) is 0 Å². The molecule has 0 spiro atoms. The third kappa shape index (κ3) is 3.29. The third-order valence-electron chi connectivity index (χ3n) is 4.54. The van der Waals surface area contributed by atoms with Crippen molar-refractivity contribution in [2.24, 2.45) is 0 Å². The Morgan fingerprint density at radius 3 is 2.36 bits per heavy atom. The number of benzene rings is 2. The molecular weight excluding hydrogens is 421 g/mol. The predicted octanol–water partition coefficient (Wildman–Crippen LogP) is 4.91. The minimum atomic E-state index is -0.328. The first-order valence-corrected chi connectivity index (χ1v) is 9.38. The van der Waals surface area contributed by atoms with E-state index in [4.69, 9.17) is 5.73 Å². The molecule has 0 saturated heterocycles. The van der Waals surface area contributed by atoms with Crippen LogP contribution in [0.3, 0.4) is 0 Å². The summed E-state index contributed by atoms with van der Waals surface area (Å²) in [6, 6.07) is 14.9. The van der Waals surface area contributed by atoms with Crippen molar-refractivity contribution < 1.29 is 4.39 Å². The van der Waals surface area contributed by atoms with E-state index in [0.717, 1.165) is 28.1 Å². The molecule has 0 fully saturated rings. The number of nitrogens with two attached hydrogens (primary N) is 1. The van der Waals surface area contributed by atoms with Gasteiger partial charge in [-0.2, -0.15) is 0 Å². The minimum Gasteiger partial charge on any atom is -0.383 e. The molecule has 0 unspecified atom stereocenters. The van der Waals surface area contributed by atoms with Gasteiger partial charge in [0.15, 0.2) is 5.65 Å². The van der Waals surface area contributed by atoms with Crippen LogP contribution in [0.4, 0.5) is 15.9 Å². The summed E-state index contributed by atoms with van der Waals surface area (Å²) >= 11 is 3.25. The Bertz CT molecular complexity index is 1180. The van der Waals surface area contributed by atoms with E-state index >= 15 is 0 Å². The fourth-order valence-corrected chi connectivity index (χ4v) is 3.44. The van der Waals surface area contributed by atoms with Crippen LogP contribution in [0.1, 0.15) is 0 Å². The van der Waals surface area contributed by atoms with Crippen LogP contribution >= 0.6 is 15.9 Å². The van der Waals surface area contributed by atoms with E-state index in [2.05, 4.69) is 30.9 Å². The van der Waals surface area contributed by atoms with Crippen molar-refractivity contribution in [3.05, 3.63) is 65.1 Å². The molecule has 28 heavy (non-hydrogen) atoms. The van der Waals surface area contributed by atoms with E-state index in [1.807, 2.05) is 49.3 Å². The molecule has 0 aliphatic heterocycles. The standard InChI is InChI=1S/C21H17BrFN5/c1-28(2)14-6-3-12(4-7-14)18-10-15(13-5-8-17(23)16(22)9-13)19-20(24)25-11-26-21(19)27-18/h3-11H,1-2H3,(H2,24,25,26,27). The number of anilines is 2. The van der Waals surface area contributed by atoms with E-state index in [1.54, 1.807) is 12.1 Å². The molecule has 2 aromatic heterocycles. The number of hydrogen-bond donors (Lipinski definition) is 1. The molecule has 0 amide bonds. The summed E-state index contributed by atoms with van der Waals surface area (Å²) in [5.41, 5.74) is 11.0. The molecule has 2 heterocycles. The SMILES string of the molecule is CN(C)c1ccc(-c2cc(-c3ccc(F)c(Br)c3)c3c(N)ncnc3n2)cc1. The van der Waals surface area contributed by atoms with E-state index < -0.39 is 0 Å². The first kappa shape index (κ1) is 18.3. The first-order valence-electron chi connectivity index (χ1n) is 8.58. The smallest absolute Gasteiger partial charge is 0.165 e. The second kappa shape index (κ2) is 7.16. The van der Waals surface area contributed by atoms with Gasteiger partial charge in [-0.3, -0.25) is 0 Å². The van der Waals surface area contributed by atoms with Gasteiger partial charge in [0.2, 0.25) is 0 Å². The Morgan fingerprint density at radius 1 is 0.964 bits per heavy atom. The Hall–Kier alpha value is -3.06. The molecule has 0 aliphatic rings. The topological polar surface area (TPSA) is 67.9 Å². The van der Waals surface area contributed by atoms with Crippen LogP contribution in [0.15, 0.2) is 59.3 Å². The summed E-state index contributed by atoms with van der Waals surface area (Å²) in [5, 5.41) is 0.648. The molecular formula is C21H17BrFN5. The van der Waals surface area contributed by atoms with Crippen molar-refractivity contribution in [1.29, 1.82) is 0 Å². The lowest BCUT2D eigenvalue weighted by Gasteiger charge is -2.14. The lowest BCUT2D eigenvalue weighted by molar-refractivity contribution is 0.621. The quantitative estimate of drug-likeness (QED) is 0.493. The average molecular weight is 438 g/mol. The summed E-state index contributed by atoms with van der Waals surface area (Å²) in [5.74, 6) is 0.00767. The van der Waals surface area contributed by atoms with Crippen molar-refractivity contribution in [2.45, 2.75) is 0 Å². The second-order valence-electron chi connectivity index (χ2n) is 6.58. The maximum absolute atomic E-state index is 13.7. The molecule has 0 bridgehead atoms. The molecule has 0 saturated carbocycles. The van der Waals surface area contributed by atoms with Gasteiger partial charge in [0.25, 0.3) is 0 Å². The van der Waals surface area contributed by atoms with Crippen LogP contribution in [-0.4, -0.2) is 29.0 Å². The highest BCUT2D eigenvalue weighted by Gasteiger charge is 2.15. The summed E-state index contributed by atoms with van der Waals surface area (Å²) in [7, 11) is 3.99. The third-order valence-corrected chi connectivity index (χ3v) is 5.15. The molecule has 0 atom stereocenters. The van der Waals surface area contributed by atoms with E-state index in [1.165, 1.54) is 12.4 Å². The highest BCUT2D eigenvalue weighted by molar-refractivity contribution is 9.10. The fraction of sp³-hybridized carbons (Fsp3) is 0.0952. The fourth-order valence-electron chi connectivity index (χ4n) is 3.06. The largest absolute Gasteiger partial charge is 0.383 e. The van der Waals surface area contributed by atoms with Crippen LogP contribution in [0, 0.1) is 5.82 Å². The van der Waals surface area contributed by atoms with Gasteiger partial charge < -0.3 is 10.6 Å². The van der Waals surface area contributed by atoms with Crippen LogP contribution in [0.5, 0.6) is 0 Å². The van der Waals surface area contributed by atoms with Crippen molar-refractivity contribution in [3.63, 3.8) is 0 Å². The van der Waals surface area contributed by atoms with Gasteiger partial charge in [0.1, 0.15) is 18.0 Å². The summed E-state index contributed by atoms with van der Waals surface area (Å²) in [4.78, 5) is 15.1. The Balaban J connectivity index is 1.96. The van der Waals surface area contributed by atoms with Crippen molar-refractivity contribution in [3.8, 4) is 22.4 Å². The number of hydrogen-bond acceptors (Lipinski definition) is 5. The Morgan fingerprint density at radius 2 is 1.68 bits per heavy atom. The molecule has 2 aromatic carbocycles. The number of aromatic nitrogens is 3. The van der Waals surface area contributed by atoms with Gasteiger partial charge >= 0.3 is 0 Å². The van der Waals surface area contributed by atoms with Crippen molar-refractivity contribution >= 4 is 38.5 Å². The summed E-state index contributed by atoms with van der Waals surface area (Å²) < 4.78 is 14.1. The normalized spacial score (nSPS) is 11.0. The molecule has 4 rings (SSSR count). The zero-order valence-corrected chi connectivity index (χ0v) is 16.9. The highest BCUT2D eigenvalue weighted by atomic mass is 79.9. The zero-order valence-electron chi connectivity index (χ0n) is 15.3. The minimum absolute atomic E-state index is 0.328. The van der Waals surface area contributed by atoms with Gasteiger partial charge in [-0.05, 0) is 57.4 Å². The van der Waals surface area contributed by atoms with Crippen molar-refractivity contribution in [2.75, 3.05) is 24.7 Å². The number of halogens is 2. The van der Waals surface area contributed by atoms with Crippen LogP contribution < -0.4 is 10.6 Å². The van der Waals surface area contributed by atoms with E-state index in [0.29, 0.717) is 21.3 Å². The van der Waals surface area contributed by atoms with Crippen LogP contribution in [-0.2, 0) is 0 Å². The maximum atomic E-state index is 13.7. The van der Waals surface area contributed by atoms with E-state index in [9.17, 15) is 4.39 Å². The van der Waals surface area contributed by atoms with Gasteiger partial charge in [-0.25, -0.2) is 19.3 Å². The van der Waals surface area contributed by atoms with Crippen LogP contribution in [0.25, 0.3) is 33.4 Å². The second-order valence-corrected chi connectivity index (χ2v) is 7.44. The number of pyridine rings is 1. The van der Waals surface area contributed by atoms with Gasteiger partial charge in [-0.15, -0.1) is 0 Å². The van der Waals surface area contributed by atoms with Gasteiger partial charge in [-0.1, -0.05) is 18.2 Å². The number of nitrogen functional groups attached to an aromatic ring is 1. The number of nitrogens with zero attached hydrogens (tertiary/aromatic N) is 4. The summed E-state index contributed by atoms with van der Waals surface area (Å²) in [6.45, 7) is 0. The molecule has 7 heteroatoms. The Labute approximate surface area is 170 Å². The highest BCUT2D eigenvalue weighted by Crippen LogP contribution is 2.35. The molecule has 0 radical (unpaired) electrons. The molecule has 5 nitrogen and oxygen atoms in total. The first-order chi connectivity index (χ1) is 13.4. The van der Waals surface area contributed by atoms with Gasteiger partial charge in [0, 0.05) is 25.3 Å². The lowest BCUT2D eigenvalue weighted by Crippen LogP contribution is -2.08. The number of fused-ring (bicyclic) bond motifs is 1. The summed E-state index contributed by atoms with van der Waals surface area (Å²) in [6.07, 6.45) is 1.40. The average Bonchev–Trinajstić information content (AvgIpc) is 2.69. The number of rotatable bonds is 3. The Kier molecular flexibility index (Phi) is 4.68. The van der Waals surface area contributed by atoms with Crippen molar-refractivity contribution in [1.82, 2.24) is 15.0 Å². The molecule has 2 N–H and O–H groups in total. The van der Waals surface area contributed by atoms with E-state index in [-0.39, 0.29) is 5.82 Å². The zero-order chi connectivity index (χ0) is 19.8. The maximum Gasteiger partial charge on any atom is 0.165 e. The molecule has 0 aliphatic carbocycles. The molecule has 4 aromatic rings. The predicted molar refractivity (Wildman–Crippen MR) is 115 cm³/mol.